The average Bonchev–Trinajstić information content (AvgIpc) is 3.26. The van der Waals surface area contributed by atoms with Crippen LogP contribution in [-0.2, 0) is 0 Å². The normalized spacial score (nSPS) is 36.1. The number of hydrogen-bond acceptors (Lipinski definition) is 0. The zero-order valence-electron chi connectivity index (χ0n) is 14.7. The third kappa shape index (κ3) is 3.85. The van der Waals surface area contributed by atoms with E-state index < -0.39 is 0 Å². The summed E-state index contributed by atoms with van der Waals surface area (Å²) in [7, 11) is 0. The van der Waals surface area contributed by atoms with Crippen LogP contribution < -0.4 is 0 Å². The van der Waals surface area contributed by atoms with Crippen LogP contribution in [0.2, 0.25) is 0 Å². The van der Waals surface area contributed by atoms with E-state index in [1.807, 2.05) is 0 Å². The first-order valence-electron chi connectivity index (χ1n) is 10.0. The van der Waals surface area contributed by atoms with Gasteiger partial charge < -0.3 is 0 Å². The van der Waals surface area contributed by atoms with Crippen molar-refractivity contribution in [3.05, 3.63) is 5.92 Å². The monoisotopic (exact) mass is 289 g/mol. The summed E-state index contributed by atoms with van der Waals surface area (Å²) in [6.45, 7) is 7.50. The highest BCUT2D eigenvalue weighted by atomic mass is 14.5. The topological polar surface area (TPSA) is 0 Å². The second kappa shape index (κ2) is 7.05. The Bertz CT molecular complexity index is 306. The lowest BCUT2D eigenvalue weighted by molar-refractivity contribution is 0.127. The first-order chi connectivity index (χ1) is 10.2. The first kappa shape index (κ1) is 15.9. The maximum atomic E-state index is 2.52. The van der Waals surface area contributed by atoms with E-state index in [4.69, 9.17) is 0 Å². The summed E-state index contributed by atoms with van der Waals surface area (Å²) in [5, 5.41) is 0. The molecule has 121 valence electrons. The third-order valence-electron chi connectivity index (χ3n) is 6.83. The zero-order chi connectivity index (χ0) is 14.8. The predicted octanol–water partition coefficient (Wildman–Crippen LogP) is 6.65. The fourth-order valence-corrected chi connectivity index (χ4v) is 5.55. The molecule has 0 N–H and O–H groups in total. The highest BCUT2D eigenvalue weighted by Gasteiger charge is 2.46. The second-order valence-corrected chi connectivity index (χ2v) is 8.90. The quantitative estimate of drug-likeness (QED) is 0.508. The Balaban J connectivity index is 1.76. The van der Waals surface area contributed by atoms with E-state index in [2.05, 4.69) is 26.7 Å². The molecule has 21 heavy (non-hydrogen) atoms. The van der Waals surface area contributed by atoms with Gasteiger partial charge in [-0.15, -0.1) is 0 Å². The van der Waals surface area contributed by atoms with Crippen molar-refractivity contribution in [1.82, 2.24) is 0 Å². The Kier molecular flexibility index (Phi) is 5.33. The molecule has 0 aliphatic heterocycles. The van der Waals surface area contributed by atoms with E-state index in [0.29, 0.717) is 0 Å². The highest BCUT2D eigenvalue weighted by molar-refractivity contribution is 5.14. The lowest BCUT2D eigenvalue weighted by atomic mass is 9.60. The molecule has 3 atom stereocenters. The molecule has 0 aromatic heterocycles. The lowest BCUT2D eigenvalue weighted by Gasteiger charge is -2.44. The van der Waals surface area contributed by atoms with E-state index in [1.54, 1.807) is 0 Å². The molecule has 3 saturated carbocycles. The Morgan fingerprint density at radius 2 is 1.38 bits per heavy atom. The highest BCUT2D eigenvalue weighted by Crippen LogP contribution is 2.55. The molecule has 0 saturated heterocycles. The molecule has 3 aliphatic carbocycles. The molecule has 1 radical (unpaired) electrons. The third-order valence-corrected chi connectivity index (χ3v) is 6.83. The molecule has 0 spiro atoms. The molecule has 0 heteroatoms. The van der Waals surface area contributed by atoms with Crippen LogP contribution in [0.3, 0.4) is 0 Å². The Morgan fingerprint density at radius 3 is 1.95 bits per heavy atom. The number of hydrogen-bond donors (Lipinski definition) is 0. The van der Waals surface area contributed by atoms with E-state index in [9.17, 15) is 0 Å². The number of rotatable bonds is 4. The summed E-state index contributed by atoms with van der Waals surface area (Å²) in [6.07, 6.45) is 16.7. The van der Waals surface area contributed by atoms with Crippen molar-refractivity contribution in [1.29, 1.82) is 0 Å². The maximum Gasteiger partial charge on any atom is -0.0145 e. The van der Waals surface area contributed by atoms with Crippen molar-refractivity contribution < 1.29 is 0 Å². The van der Waals surface area contributed by atoms with Gasteiger partial charge in [0.1, 0.15) is 0 Å². The molecule has 0 heterocycles. The Morgan fingerprint density at radius 1 is 0.762 bits per heavy atom. The van der Waals surface area contributed by atoms with Crippen molar-refractivity contribution in [3.63, 3.8) is 0 Å². The van der Waals surface area contributed by atoms with Crippen molar-refractivity contribution in [2.45, 2.75) is 91.4 Å². The van der Waals surface area contributed by atoms with E-state index >= 15 is 0 Å². The van der Waals surface area contributed by atoms with Gasteiger partial charge in [0.05, 0.1) is 0 Å². The van der Waals surface area contributed by atoms with Crippen LogP contribution in [-0.4, -0.2) is 0 Å². The second-order valence-electron chi connectivity index (χ2n) is 8.90. The summed E-state index contributed by atoms with van der Waals surface area (Å²) in [4.78, 5) is 0. The van der Waals surface area contributed by atoms with Gasteiger partial charge in [-0.3, -0.25) is 0 Å². The van der Waals surface area contributed by atoms with Crippen molar-refractivity contribution in [2.75, 3.05) is 0 Å². The average molecular weight is 290 g/mol. The molecular weight excluding hydrogens is 252 g/mol. The smallest absolute Gasteiger partial charge is 0.0145 e. The fraction of sp³-hybridized carbons (Fsp3) is 0.952. The van der Waals surface area contributed by atoms with Crippen LogP contribution in [0, 0.1) is 41.4 Å². The van der Waals surface area contributed by atoms with Crippen LogP contribution >= 0.6 is 0 Å². The van der Waals surface area contributed by atoms with Gasteiger partial charge in [-0.25, -0.2) is 0 Å². The summed E-state index contributed by atoms with van der Waals surface area (Å²) in [5.74, 6) is 8.01. The van der Waals surface area contributed by atoms with Gasteiger partial charge in [0.25, 0.3) is 0 Å². The van der Waals surface area contributed by atoms with E-state index in [0.717, 1.165) is 35.5 Å². The molecule has 3 rings (SSSR count). The molecule has 0 aromatic carbocycles. The van der Waals surface area contributed by atoms with Gasteiger partial charge in [0, 0.05) is 0 Å². The van der Waals surface area contributed by atoms with Crippen LogP contribution in [0.5, 0.6) is 0 Å². The maximum absolute atomic E-state index is 2.52. The molecule has 3 fully saturated rings. The van der Waals surface area contributed by atoms with Crippen molar-refractivity contribution >= 4 is 0 Å². The fourth-order valence-electron chi connectivity index (χ4n) is 5.55. The zero-order valence-corrected chi connectivity index (χ0v) is 14.7. The lowest BCUT2D eigenvalue weighted by Crippen LogP contribution is -2.36. The minimum atomic E-state index is 0.891. The Hall–Kier alpha value is 0. The molecule has 0 bridgehead atoms. The largest absolute Gasteiger partial charge is 0.0625 e. The molecule has 3 aliphatic rings. The molecule has 0 amide bonds. The van der Waals surface area contributed by atoms with E-state index in [1.165, 1.54) is 70.6 Å². The minimum Gasteiger partial charge on any atom is -0.0625 e. The van der Waals surface area contributed by atoms with Crippen LogP contribution in [0.15, 0.2) is 0 Å². The van der Waals surface area contributed by atoms with E-state index in [-0.39, 0.29) is 0 Å². The molecule has 0 nitrogen and oxygen atoms in total. The molecule has 3 unspecified atom stereocenters. The standard InChI is InChI=1S/C21H37/c1-15(2)19-13-10-16(3)14-20(19)21(18-11-12-18)17-8-6-4-5-7-9-17/h15-20H,4-14H2,1-3H3. The summed E-state index contributed by atoms with van der Waals surface area (Å²) in [6, 6.07) is 0. The van der Waals surface area contributed by atoms with Crippen molar-refractivity contribution in [3.8, 4) is 0 Å². The van der Waals surface area contributed by atoms with Gasteiger partial charge in [-0.05, 0) is 80.0 Å². The van der Waals surface area contributed by atoms with Crippen LogP contribution in [0.4, 0.5) is 0 Å². The molecular formula is C21H37. The molecule has 0 aromatic rings. The van der Waals surface area contributed by atoms with Gasteiger partial charge in [0.2, 0.25) is 0 Å². The first-order valence-corrected chi connectivity index (χ1v) is 10.0. The van der Waals surface area contributed by atoms with Gasteiger partial charge in [-0.2, -0.15) is 0 Å². The Labute approximate surface area is 133 Å². The summed E-state index contributed by atoms with van der Waals surface area (Å²) < 4.78 is 0. The summed E-state index contributed by atoms with van der Waals surface area (Å²) in [5.41, 5.74) is 0. The van der Waals surface area contributed by atoms with Gasteiger partial charge >= 0.3 is 0 Å². The predicted molar refractivity (Wildman–Crippen MR) is 92.0 cm³/mol. The SMILES string of the molecule is CC1CCC(C(C)C)C([C](C2CCCCCC2)C2CC2)C1. The van der Waals surface area contributed by atoms with Crippen molar-refractivity contribution in [2.24, 2.45) is 35.5 Å². The van der Waals surface area contributed by atoms with Gasteiger partial charge in [-0.1, -0.05) is 52.9 Å². The minimum absolute atomic E-state index is 0.891. The summed E-state index contributed by atoms with van der Waals surface area (Å²) >= 11 is 0. The van der Waals surface area contributed by atoms with Crippen LogP contribution in [0.25, 0.3) is 0 Å². The van der Waals surface area contributed by atoms with Gasteiger partial charge in [0.15, 0.2) is 0 Å². The van der Waals surface area contributed by atoms with Crippen LogP contribution in [0.1, 0.15) is 91.4 Å².